The standard InChI is InChI=1S/C12H22N4O2/c1-3-5-6-9(4-2)8-18-11-7-10(13)16(17)12(14)15-11/h7,9,14,17H,3-6,8,13H2,1-2H3. The van der Waals surface area contributed by atoms with Crippen molar-refractivity contribution in [1.82, 2.24) is 9.71 Å². The van der Waals surface area contributed by atoms with E-state index < -0.39 is 0 Å². The average Bonchev–Trinajstić information content (AvgIpc) is 2.36. The normalized spacial score (nSPS) is 12.3. The Bertz CT molecular complexity index is 431. The number of rotatable bonds is 7. The summed E-state index contributed by atoms with van der Waals surface area (Å²) in [7, 11) is 0. The van der Waals surface area contributed by atoms with E-state index in [1.807, 2.05) is 0 Å². The maximum atomic E-state index is 9.26. The minimum Gasteiger partial charge on any atom is -0.477 e. The van der Waals surface area contributed by atoms with E-state index in [-0.39, 0.29) is 17.3 Å². The Labute approximate surface area is 107 Å². The van der Waals surface area contributed by atoms with Crippen molar-refractivity contribution in [3.8, 4) is 5.88 Å². The van der Waals surface area contributed by atoms with Gasteiger partial charge in [-0.15, -0.1) is 4.73 Å². The fourth-order valence-corrected chi connectivity index (χ4v) is 1.67. The predicted molar refractivity (Wildman–Crippen MR) is 68.5 cm³/mol. The van der Waals surface area contributed by atoms with Crippen LogP contribution in [-0.4, -0.2) is 21.5 Å². The maximum Gasteiger partial charge on any atom is 0.260 e. The lowest BCUT2D eigenvalue weighted by molar-refractivity contribution is 0.165. The van der Waals surface area contributed by atoms with E-state index in [1.54, 1.807) is 0 Å². The molecule has 0 saturated carbocycles. The van der Waals surface area contributed by atoms with Crippen LogP contribution in [-0.2, 0) is 0 Å². The molecule has 0 saturated heterocycles. The molecule has 1 heterocycles. The summed E-state index contributed by atoms with van der Waals surface area (Å²) in [6.45, 7) is 4.87. The Morgan fingerprint density at radius 3 is 2.83 bits per heavy atom. The second-order valence-corrected chi connectivity index (χ2v) is 4.38. The van der Waals surface area contributed by atoms with Crippen LogP contribution in [0.15, 0.2) is 6.07 Å². The fourth-order valence-electron chi connectivity index (χ4n) is 1.67. The lowest BCUT2D eigenvalue weighted by Gasteiger charge is -2.15. The van der Waals surface area contributed by atoms with E-state index in [4.69, 9.17) is 15.9 Å². The van der Waals surface area contributed by atoms with Crippen molar-refractivity contribution >= 4 is 5.82 Å². The molecule has 0 radical (unpaired) electrons. The number of ether oxygens (including phenoxy) is 1. The van der Waals surface area contributed by atoms with Gasteiger partial charge < -0.3 is 15.7 Å². The third-order valence-corrected chi connectivity index (χ3v) is 2.94. The molecule has 6 heteroatoms. The van der Waals surface area contributed by atoms with E-state index in [2.05, 4.69) is 18.8 Å². The molecule has 0 aliphatic heterocycles. The zero-order chi connectivity index (χ0) is 13.5. The van der Waals surface area contributed by atoms with E-state index in [9.17, 15) is 5.21 Å². The Hall–Kier alpha value is -1.72. The van der Waals surface area contributed by atoms with Crippen LogP contribution in [0.3, 0.4) is 0 Å². The molecule has 0 aliphatic rings. The van der Waals surface area contributed by atoms with Crippen LogP contribution in [0, 0.1) is 11.3 Å². The fraction of sp³-hybridized carbons (Fsp3) is 0.667. The minimum atomic E-state index is -0.327. The molecule has 102 valence electrons. The average molecular weight is 254 g/mol. The van der Waals surface area contributed by atoms with Crippen LogP contribution >= 0.6 is 0 Å². The van der Waals surface area contributed by atoms with Crippen molar-refractivity contribution < 1.29 is 9.94 Å². The molecule has 0 bridgehead atoms. The third kappa shape index (κ3) is 3.94. The third-order valence-electron chi connectivity index (χ3n) is 2.94. The van der Waals surface area contributed by atoms with Gasteiger partial charge in [0.25, 0.3) is 5.62 Å². The number of anilines is 1. The molecule has 4 N–H and O–H groups in total. The lowest BCUT2D eigenvalue weighted by atomic mass is 10.0. The van der Waals surface area contributed by atoms with Gasteiger partial charge in [0.05, 0.1) is 6.61 Å². The molecule has 1 rings (SSSR count). The molecule has 0 amide bonds. The first-order chi connectivity index (χ1) is 8.58. The highest BCUT2D eigenvalue weighted by atomic mass is 16.5. The largest absolute Gasteiger partial charge is 0.477 e. The summed E-state index contributed by atoms with van der Waals surface area (Å²) < 4.78 is 6.05. The second kappa shape index (κ2) is 6.88. The molecular weight excluding hydrogens is 232 g/mol. The van der Waals surface area contributed by atoms with Crippen LogP contribution in [0.4, 0.5) is 5.82 Å². The Balaban J connectivity index is 2.59. The number of nitrogen functional groups attached to an aromatic ring is 1. The van der Waals surface area contributed by atoms with Crippen LogP contribution in [0.5, 0.6) is 5.88 Å². The molecule has 1 unspecified atom stereocenters. The van der Waals surface area contributed by atoms with Gasteiger partial charge in [-0.2, -0.15) is 4.98 Å². The summed E-state index contributed by atoms with van der Waals surface area (Å²) in [5, 5.41) is 16.6. The van der Waals surface area contributed by atoms with Gasteiger partial charge in [-0.05, 0) is 12.3 Å². The van der Waals surface area contributed by atoms with Crippen LogP contribution in [0.2, 0.25) is 0 Å². The quantitative estimate of drug-likeness (QED) is 0.646. The summed E-state index contributed by atoms with van der Waals surface area (Å²) in [4.78, 5) is 3.80. The first-order valence-corrected chi connectivity index (χ1v) is 6.34. The summed E-state index contributed by atoms with van der Waals surface area (Å²) in [6, 6.07) is 1.42. The minimum absolute atomic E-state index is 0.0478. The second-order valence-electron chi connectivity index (χ2n) is 4.38. The SMILES string of the molecule is CCCCC(CC)COc1cc(N)n(O)c(=N)n1. The van der Waals surface area contributed by atoms with Crippen LogP contribution in [0.1, 0.15) is 39.5 Å². The van der Waals surface area contributed by atoms with E-state index in [1.165, 1.54) is 18.9 Å². The zero-order valence-corrected chi connectivity index (χ0v) is 11.0. The van der Waals surface area contributed by atoms with Crippen molar-refractivity contribution in [2.75, 3.05) is 12.3 Å². The van der Waals surface area contributed by atoms with Crippen molar-refractivity contribution in [2.45, 2.75) is 39.5 Å². The molecule has 0 aromatic carbocycles. The van der Waals surface area contributed by atoms with Gasteiger partial charge in [-0.1, -0.05) is 33.1 Å². The number of hydrogen-bond acceptors (Lipinski definition) is 5. The number of unbranched alkanes of at least 4 members (excludes halogenated alkanes) is 1. The highest BCUT2D eigenvalue weighted by molar-refractivity contribution is 5.31. The maximum absolute atomic E-state index is 9.26. The summed E-state index contributed by atoms with van der Waals surface area (Å²) in [6.07, 6.45) is 4.54. The van der Waals surface area contributed by atoms with Crippen LogP contribution in [0.25, 0.3) is 0 Å². The van der Waals surface area contributed by atoms with Crippen LogP contribution < -0.4 is 16.1 Å². The highest BCUT2D eigenvalue weighted by Gasteiger charge is 2.09. The van der Waals surface area contributed by atoms with Crippen molar-refractivity contribution in [2.24, 2.45) is 5.92 Å². The van der Waals surface area contributed by atoms with Gasteiger partial charge in [0.1, 0.15) is 5.82 Å². The number of hydrogen-bond donors (Lipinski definition) is 3. The topological polar surface area (TPSA) is 97.1 Å². The molecule has 0 aliphatic carbocycles. The monoisotopic (exact) mass is 254 g/mol. The first kappa shape index (κ1) is 14.3. The van der Waals surface area contributed by atoms with E-state index in [0.717, 1.165) is 12.8 Å². The summed E-state index contributed by atoms with van der Waals surface area (Å²) in [5.74, 6) is 0.827. The first-order valence-electron chi connectivity index (χ1n) is 6.34. The molecule has 1 aromatic heterocycles. The van der Waals surface area contributed by atoms with Gasteiger partial charge in [-0.25, -0.2) is 0 Å². The molecule has 6 nitrogen and oxygen atoms in total. The van der Waals surface area contributed by atoms with Crippen molar-refractivity contribution in [3.63, 3.8) is 0 Å². The van der Waals surface area contributed by atoms with E-state index >= 15 is 0 Å². The highest BCUT2D eigenvalue weighted by Crippen LogP contribution is 2.15. The van der Waals surface area contributed by atoms with Gasteiger partial charge in [0.15, 0.2) is 0 Å². The Kier molecular flexibility index (Phi) is 5.48. The molecule has 1 atom stereocenters. The number of nitrogens with one attached hydrogen (secondary N) is 1. The Morgan fingerprint density at radius 1 is 1.56 bits per heavy atom. The lowest BCUT2D eigenvalue weighted by Crippen LogP contribution is -2.24. The summed E-state index contributed by atoms with van der Waals surface area (Å²) in [5.41, 5.74) is 5.19. The van der Waals surface area contributed by atoms with Gasteiger partial charge in [0, 0.05) is 6.07 Å². The summed E-state index contributed by atoms with van der Waals surface area (Å²) >= 11 is 0. The predicted octanol–water partition coefficient (Wildman–Crippen LogP) is 1.78. The molecule has 0 fully saturated rings. The smallest absolute Gasteiger partial charge is 0.260 e. The number of nitrogens with zero attached hydrogens (tertiary/aromatic N) is 2. The van der Waals surface area contributed by atoms with Gasteiger partial charge in [-0.3, -0.25) is 5.41 Å². The Morgan fingerprint density at radius 2 is 2.28 bits per heavy atom. The van der Waals surface area contributed by atoms with Crippen molar-refractivity contribution in [3.05, 3.63) is 11.7 Å². The number of aromatic nitrogens is 2. The van der Waals surface area contributed by atoms with Crippen molar-refractivity contribution in [1.29, 1.82) is 5.41 Å². The van der Waals surface area contributed by atoms with Gasteiger partial charge >= 0.3 is 0 Å². The molecule has 18 heavy (non-hydrogen) atoms. The molecular formula is C12H22N4O2. The van der Waals surface area contributed by atoms with E-state index in [0.29, 0.717) is 17.3 Å². The zero-order valence-electron chi connectivity index (χ0n) is 11.0. The van der Waals surface area contributed by atoms with Gasteiger partial charge in [0.2, 0.25) is 5.88 Å². The molecule has 1 aromatic rings. The molecule has 0 spiro atoms. The number of nitrogens with two attached hydrogens (primary N) is 1.